The average Bonchev–Trinajstić information content (AvgIpc) is 3.01. The number of hydrogen-bond donors (Lipinski definition) is 2. The SMILES string of the molecule is CC(=N\c1sc2c(c1C(N)=O)CCCC2)/C(C#N)=N\Nc1ccccc1. The number of benzene rings is 1. The van der Waals surface area contributed by atoms with E-state index in [1.807, 2.05) is 36.4 Å². The summed E-state index contributed by atoms with van der Waals surface area (Å²) < 4.78 is 0. The van der Waals surface area contributed by atoms with Gasteiger partial charge in [0, 0.05) is 4.88 Å². The van der Waals surface area contributed by atoms with E-state index in [0.29, 0.717) is 16.3 Å². The van der Waals surface area contributed by atoms with E-state index in [0.717, 1.165) is 36.9 Å². The van der Waals surface area contributed by atoms with Crippen molar-refractivity contribution in [2.75, 3.05) is 5.43 Å². The third-order valence-corrected chi connectivity index (χ3v) is 5.37. The van der Waals surface area contributed by atoms with Crippen LogP contribution < -0.4 is 11.2 Å². The molecular weight excluding hydrogens is 346 g/mol. The minimum atomic E-state index is -0.464. The molecule has 0 radical (unpaired) electrons. The molecule has 0 aliphatic heterocycles. The summed E-state index contributed by atoms with van der Waals surface area (Å²) in [6.07, 6.45) is 3.97. The number of fused-ring (bicyclic) bond motifs is 1. The number of para-hydroxylation sites is 1. The maximum Gasteiger partial charge on any atom is 0.252 e. The van der Waals surface area contributed by atoms with Gasteiger partial charge in [0.2, 0.25) is 0 Å². The van der Waals surface area contributed by atoms with Crippen molar-refractivity contribution in [2.24, 2.45) is 15.8 Å². The van der Waals surface area contributed by atoms with E-state index in [1.54, 1.807) is 6.92 Å². The summed E-state index contributed by atoms with van der Waals surface area (Å²) in [5.74, 6) is -0.464. The summed E-state index contributed by atoms with van der Waals surface area (Å²) in [6, 6.07) is 11.4. The highest BCUT2D eigenvalue weighted by Crippen LogP contribution is 2.39. The molecule has 0 fully saturated rings. The molecule has 1 aromatic heterocycles. The molecule has 3 N–H and O–H groups in total. The number of hydrogen-bond acceptors (Lipinski definition) is 6. The van der Waals surface area contributed by atoms with Gasteiger partial charge in [0.1, 0.15) is 11.1 Å². The van der Waals surface area contributed by atoms with Crippen LogP contribution in [0.5, 0.6) is 0 Å². The van der Waals surface area contributed by atoms with E-state index in [-0.39, 0.29) is 5.71 Å². The van der Waals surface area contributed by atoms with Gasteiger partial charge in [0.05, 0.1) is 17.0 Å². The molecular formula is C19H19N5OS. The number of nitrogens with two attached hydrogens (primary N) is 1. The number of primary amides is 1. The van der Waals surface area contributed by atoms with Crippen molar-refractivity contribution in [3.8, 4) is 6.07 Å². The largest absolute Gasteiger partial charge is 0.365 e. The molecule has 3 rings (SSSR count). The second-order valence-electron chi connectivity index (χ2n) is 6.00. The highest BCUT2D eigenvalue weighted by atomic mass is 32.1. The topological polar surface area (TPSA) is 104 Å². The van der Waals surface area contributed by atoms with E-state index >= 15 is 0 Å². The number of nitrogens with one attached hydrogen (secondary N) is 1. The Morgan fingerprint density at radius 1 is 1.27 bits per heavy atom. The molecule has 0 saturated heterocycles. The summed E-state index contributed by atoms with van der Waals surface area (Å²) in [4.78, 5) is 17.6. The molecule has 1 amide bonds. The quantitative estimate of drug-likeness (QED) is 0.622. The van der Waals surface area contributed by atoms with Gasteiger partial charge in [-0.3, -0.25) is 10.2 Å². The van der Waals surface area contributed by atoms with Gasteiger partial charge in [-0.25, -0.2) is 4.99 Å². The first-order valence-electron chi connectivity index (χ1n) is 8.39. The lowest BCUT2D eigenvalue weighted by Gasteiger charge is -2.10. The Balaban J connectivity index is 1.92. The predicted molar refractivity (Wildman–Crippen MR) is 105 cm³/mol. The summed E-state index contributed by atoms with van der Waals surface area (Å²) in [5.41, 5.74) is 11.3. The number of nitrogens with zero attached hydrogens (tertiary/aromatic N) is 3. The van der Waals surface area contributed by atoms with Crippen LogP contribution >= 0.6 is 11.3 Å². The van der Waals surface area contributed by atoms with Crippen LogP contribution in [0.15, 0.2) is 40.4 Å². The number of amides is 1. The molecule has 26 heavy (non-hydrogen) atoms. The highest BCUT2D eigenvalue weighted by molar-refractivity contribution is 7.16. The molecule has 1 aliphatic carbocycles. The first kappa shape index (κ1) is 17.8. The molecule has 0 atom stereocenters. The lowest BCUT2D eigenvalue weighted by Crippen LogP contribution is -2.15. The maximum absolute atomic E-state index is 11.9. The second kappa shape index (κ2) is 7.93. The van der Waals surface area contributed by atoms with Gasteiger partial charge in [0.15, 0.2) is 5.71 Å². The Bertz CT molecular complexity index is 921. The number of aryl methyl sites for hydroxylation is 1. The number of anilines is 1. The van der Waals surface area contributed by atoms with E-state index in [2.05, 4.69) is 15.5 Å². The first-order chi connectivity index (χ1) is 12.6. The molecule has 0 bridgehead atoms. The van der Waals surface area contributed by atoms with Crippen LogP contribution in [0, 0.1) is 11.3 Å². The van der Waals surface area contributed by atoms with Crippen LogP contribution in [-0.4, -0.2) is 17.3 Å². The van der Waals surface area contributed by atoms with E-state index in [4.69, 9.17) is 5.73 Å². The average molecular weight is 365 g/mol. The number of nitriles is 1. The van der Waals surface area contributed by atoms with Crippen LogP contribution in [0.3, 0.4) is 0 Å². The number of hydrazone groups is 1. The molecule has 0 spiro atoms. The lowest BCUT2D eigenvalue weighted by molar-refractivity contribution is 0.100. The zero-order valence-corrected chi connectivity index (χ0v) is 15.3. The molecule has 132 valence electrons. The van der Waals surface area contributed by atoms with Crippen molar-refractivity contribution in [1.29, 1.82) is 5.26 Å². The maximum atomic E-state index is 11.9. The number of carbonyl (C=O) groups excluding carboxylic acids is 1. The Morgan fingerprint density at radius 3 is 2.69 bits per heavy atom. The number of thiophene rings is 1. The van der Waals surface area contributed by atoms with E-state index in [1.165, 1.54) is 16.2 Å². The van der Waals surface area contributed by atoms with Crippen molar-refractivity contribution in [3.05, 3.63) is 46.3 Å². The number of carbonyl (C=O) groups is 1. The Hall–Kier alpha value is -2.98. The standard InChI is InChI=1S/C19H19N5OS/c1-12(15(11-20)24-23-13-7-3-2-4-8-13)22-19-17(18(21)25)14-9-5-6-10-16(14)26-19/h2-4,7-8,23H,5-6,9-10H2,1H3,(H2,21,25)/b22-12+,24-15-. The molecule has 0 unspecified atom stereocenters. The van der Waals surface area contributed by atoms with E-state index in [9.17, 15) is 10.1 Å². The minimum absolute atomic E-state index is 0.163. The smallest absolute Gasteiger partial charge is 0.252 e. The third-order valence-electron chi connectivity index (χ3n) is 4.19. The van der Waals surface area contributed by atoms with Gasteiger partial charge in [-0.05, 0) is 50.3 Å². The normalized spacial score (nSPS) is 14.5. The first-order valence-corrected chi connectivity index (χ1v) is 9.20. The number of rotatable bonds is 5. The molecule has 6 nitrogen and oxygen atoms in total. The molecule has 1 aromatic carbocycles. The zero-order valence-electron chi connectivity index (χ0n) is 14.5. The van der Waals surface area contributed by atoms with Gasteiger partial charge < -0.3 is 5.73 Å². The molecule has 1 aliphatic rings. The Kier molecular flexibility index (Phi) is 5.44. The minimum Gasteiger partial charge on any atom is -0.365 e. The molecule has 1 heterocycles. The van der Waals surface area contributed by atoms with Gasteiger partial charge in [-0.2, -0.15) is 10.4 Å². The highest BCUT2D eigenvalue weighted by Gasteiger charge is 2.24. The van der Waals surface area contributed by atoms with Gasteiger partial charge in [-0.1, -0.05) is 18.2 Å². The zero-order chi connectivity index (χ0) is 18.5. The molecule has 7 heteroatoms. The second-order valence-corrected chi connectivity index (χ2v) is 7.09. The fraction of sp³-hybridized carbons (Fsp3) is 0.263. The van der Waals surface area contributed by atoms with Crippen molar-refractivity contribution < 1.29 is 4.79 Å². The van der Waals surface area contributed by atoms with Crippen LogP contribution in [0.1, 0.15) is 40.6 Å². The van der Waals surface area contributed by atoms with Gasteiger partial charge >= 0.3 is 0 Å². The summed E-state index contributed by atoms with van der Waals surface area (Å²) >= 11 is 1.49. The van der Waals surface area contributed by atoms with Crippen molar-refractivity contribution >= 4 is 39.4 Å². The third kappa shape index (κ3) is 3.81. The van der Waals surface area contributed by atoms with Crippen molar-refractivity contribution in [2.45, 2.75) is 32.6 Å². The fourth-order valence-electron chi connectivity index (χ4n) is 2.91. The van der Waals surface area contributed by atoms with Crippen LogP contribution in [-0.2, 0) is 12.8 Å². The fourth-order valence-corrected chi connectivity index (χ4v) is 4.23. The Labute approximate surface area is 156 Å². The summed E-state index contributed by atoms with van der Waals surface area (Å²) in [6.45, 7) is 1.71. The van der Waals surface area contributed by atoms with Gasteiger partial charge in [0.25, 0.3) is 5.91 Å². The summed E-state index contributed by atoms with van der Waals surface area (Å²) in [7, 11) is 0. The van der Waals surface area contributed by atoms with Crippen LogP contribution in [0.4, 0.5) is 10.7 Å². The molecule has 2 aromatic rings. The van der Waals surface area contributed by atoms with Crippen molar-refractivity contribution in [3.63, 3.8) is 0 Å². The molecule has 0 saturated carbocycles. The van der Waals surface area contributed by atoms with Crippen LogP contribution in [0.2, 0.25) is 0 Å². The van der Waals surface area contributed by atoms with E-state index < -0.39 is 5.91 Å². The Morgan fingerprint density at radius 2 is 2.00 bits per heavy atom. The number of aliphatic imine (C=N–C) groups is 1. The monoisotopic (exact) mass is 365 g/mol. The summed E-state index contributed by atoms with van der Waals surface area (Å²) in [5, 5.41) is 14.1. The van der Waals surface area contributed by atoms with Crippen LogP contribution in [0.25, 0.3) is 0 Å². The lowest BCUT2D eigenvalue weighted by atomic mass is 9.95. The van der Waals surface area contributed by atoms with Crippen molar-refractivity contribution in [1.82, 2.24) is 0 Å². The van der Waals surface area contributed by atoms with Gasteiger partial charge in [-0.15, -0.1) is 11.3 Å². The predicted octanol–water partition coefficient (Wildman–Crippen LogP) is 3.81.